The summed E-state index contributed by atoms with van der Waals surface area (Å²) in [5.41, 5.74) is 5.36. The van der Waals surface area contributed by atoms with E-state index in [4.69, 9.17) is 0 Å². The van der Waals surface area contributed by atoms with E-state index in [0.29, 0.717) is 22.1 Å². The van der Waals surface area contributed by atoms with Crippen molar-refractivity contribution in [2.24, 2.45) is 0 Å². The van der Waals surface area contributed by atoms with Crippen molar-refractivity contribution in [2.45, 2.75) is 12.1 Å². The normalized spacial score (nSPS) is 11.0. The van der Waals surface area contributed by atoms with Gasteiger partial charge in [-0.2, -0.15) is 0 Å². The van der Waals surface area contributed by atoms with E-state index in [2.05, 4.69) is 43.0 Å². The molecule has 2 aromatic carbocycles. The maximum absolute atomic E-state index is 12.5. The lowest BCUT2D eigenvalue weighted by atomic mass is 10.0. The minimum atomic E-state index is 0.0744. The SMILES string of the molecule is Cc1nc2nc(SCC(=O)c3ccc(-c4ccccc4)cc3)[nH]c2cc1Br. The van der Waals surface area contributed by atoms with Crippen molar-refractivity contribution in [3.63, 3.8) is 0 Å². The standard InChI is InChI=1S/C21H16BrN3OS/c1-13-17(22)11-18-20(23-13)25-21(24-18)27-12-19(26)16-9-7-15(8-10-16)14-5-3-2-4-6-14/h2-11H,12H2,1H3,(H,23,24,25). The van der Waals surface area contributed by atoms with Crippen LogP contribution in [0.2, 0.25) is 0 Å². The number of Topliss-reactive ketones (excluding diaryl/α,β-unsaturated/α-hetero) is 1. The zero-order valence-corrected chi connectivity index (χ0v) is 17.0. The first kappa shape index (κ1) is 17.9. The highest BCUT2D eigenvalue weighted by molar-refractivity contribution is 9.10. The van der Waals surface area contributed by atoms with E-state index < -0.39 is 0 Å². The third kappa shape index (κ3) is 3.96. The Labute approximate surface area is 169 Å². The molecule has 0 saturated carbocycles. The number of ketones is 1. The summed E-state index contributed by atoms with van der Waals surface area (Å²) >= 11 is 4.86. The maximum atomic E-state index is 12.5. The number of aryl methyl sites for hydroxylation is 1. The van der Waals surface area contributed by atoms with Gasteiger partial charge in [-0.25, -0.2) is 9.97 Å². The van der Waals surface area contributed by atoms with Gasteiger partial charge in [-0.15, -0.1) is 0 Å². The molecule has 4 rings (SSSR count). The molecule has 0 fully saturated rings. The number of aromatic amines is 1. The molecule has 2 heterocycles. The Kier molecular flexibility index (Phi) is 5.09. The number of benzene rings is 2. The molecule has 0 radical (unpaired) electrons. The van der Waals surface area contributed by atoms with Crippen LogP contribution in [0.4, 0.5) is 0 Å². The number of hydrogen-bond acceptors (Lipinski definition) is 4. The molecule has 0 spiro atoms. The van der Waals surface area contributed by atoms with Crippen molar-refractivity contribution < 1.29 is 4.79 Å². The van der Waals surface area contributed by atoms with Gasteiger partial charge >= 0.3 is 0 Å². The first-order valence-electron chi connectivity index (χ1n) is 8.44. The number of hydrogen-bond donors (Lipinski definition) is 1. The largest absolute Gasteiger partial charge is 0.331 e. The van der Waals surface area contributed by atoms with E-state index >= 15 is 0 Å². The lowest BCUT2D eigenvalue weighted by Gasteiger charge is -2.03. The summed E-state index contributed by atoms with van der Waals surface area (Å²) in [6.07, 6.45) is 0. The zero-order valence-electron chi connectivity index (χ0n) is 14.6. The van der Waals surface area contributed by atoms with Gasteiger partial charge < -0.3 is 4.98 Å². The maximum Gasteiger partial charge on any atom is 0.178 e. The van der Waals surface area contributed by atoms with Gasteiger partial charge in [0.15, 0.2) is 16.6 Å². The minimum Gasteiger partial charge on any atom is -0.331 e. The summed E-state index contributed by atoms with van der Waals surface area (Å²) in [7, 11) is 0. The zero-order chi connectivity index (χ0) is 18.8. The summed E-state index contributed by atoms with van der Waals surface area (Å²) in [5.74, 6) is 0.398. The second kappa shape index (κ2) is 7.66. The lowest BCUT2D eigenvalue weighted by Crippen LogP contribution is -2.02. The molecule has 1 N–H and O–H groups in total. The highest BCUT2D eigenvalue weighted by Gasteiger charge is 2.11. The fourth-order valence-corrected chi connectivity index (χ4v) is 3.83. The molecule has 0 aliphatic heterocycles. The molecule has 6 heteroatoms. The number of halogens is 1. The molecule has 0 aliphatic rings. The summed E-state index contributed by atoms with van der Waals surface area (Å²) in [4.78, 5) is 24.6. The molecular weight excluding hydrogens is 422 g/mol. The van der Waals surface area contributed by atoms with Crippen LogP contribution in [0.3, 0.4) is 0 Å². The van der Waals surface area contributed by atoms with Gasteiger partial charge in [0.25, 0.3) is 0 Å². The third-order valence-corrected chi connectivity index (χ3v) is 5.91. The van der Waals surface area contributed by atoms with E-state index in [1.807, 2.05) is 55.5 Å². The van der Waals surface area contributed by atoms with Gasteiger partial charge in [-0.3, -0.25) is 4.79 Å². The molecule has 0 amide bonds. The Hall–Kier alpha value is -2.44. The Morgan fingerprint density at radius 2 is 1.74 bits per heavy atom. The van der Waals surface area contributed by atoms with E-state index in [1.165, 1.54) is 11.8 Å². The number of imidazole rings is 1. The van der Waals surface area contributed by atoms with Gasteiger partial charge in [0.2, 0.25) is 0 Å². The van der Waals surface area contributed by atoms with Crippen molar-refractivity contribution in [3.05, 3.63) is 76.4 Å². The average Bonchev–Trinajstić information content (AvgIpc) is 3.09. The van der Waals surface area contributed by atoms with Crippen molar-refractivity contribution in [3.8, 4) is 11.1 Å². The predicted octanol–water partition coefficient (Wildman–Crippen LogP) is 5.67. The minimum absolute atomic E-state index is 0.0744. The van der Waals surface area contributed by atoms with Crippen molar-refractivity contribution in [1.82, 2.24) is 15.0 Å². The Bertz CT molecular complexity index is 1070. The van der Waals surface area contributed by atoms with Crippen LogP contribution in [0, 0.1) is 6.92 Å². The number of nitrogens with one attached hydrogen (secondary N) is 1. The van der Waals surface area contributed by atoms with Crippen molar-refractivity contribution in [2.75, 3.05) is 5.75 Å². The fourth-order valence-electron chi connectivity index (χ4n) is 2.75. The Morgan fingerprint density at radius 3 is 2.48 bits per heavy atom. The second-order valence-electron chi connectivity index (χ2n) is 6.12. The molecule has 0 atom stereocenters. The van der Waals surface area contributed by atoms with E-state index in [1.54, 1.807) is 0 Å². The highest BCUT2D eigenvalue weighted by atomic mass is 79.9. The molecule has 134 valence electrons. The van der Waals surface area contributed by atoms with Gasteiger partial charge in [0.05, 0.1) is 17.0 Å². The number of carbonyl (C=O) groups is 1. The number of pyridine rings is 1. The molecule has 27 heavy (non-hydrogen) atoms. The van der Waals surface area contributed by atoms with E-state index in [0.717, 1.165) is 26.8 Å². The van der Waals surface area contributed by atoms with Crippen LogP contribution in [-0.2, 0) is 0 Å². The highest BCUT2D eigenvalue weighted by Crippen LogP contribution is 2.24. The molecule has 0 bridgehead atoms. The smallest absolute Gasteiger partial charge is 0.178 e. The number of rotatable bonds is 5. The van der Waals surface area contributed by atoms with Crippen molar-refractivity contribution >= 4 is 44.6 Å². The van der Waals surface area contributed by atoms with Crippen LogP contribution < -0.4 is 0 Å². The van der Waals surface area contributed by atoms with Crippen LogP contribution >= 0.6 is 27.7 Å². The van der Waals surface area contributed by atoms with Crippen LogP contribution in [0.1, 0.15) is 16.1 Å². The van der Waals surface area contributed by atoms with Crippen molar-refractivity contribution in [1.29, 1.82) is 0 Å². The summed E-state index contributed by atoms with van der Waals surface area (Å²) in [5, 5.41) is 0.698. The number of thioether (sulfide) groups is 1. The van der Waals surface area contributed by atoms with Gasteiger partial charge in [0.1, 0.15) is 0 Å². The number of carbonyl (C=O) groups excluding carboxylic acids is 1. The average molecular weight is 438 g/mol. The number of H-pyrrole nitrogens is 1. The Morgan fingerprint density at radius 1 is 1.04 bits per heavy atom. The van der Waals surface area contributed by atoms with Crippen LogP contribution in [0.15, 0.2) is 70.3 Å². The number of fused-ring (bicyclic) bond motifs is 1. The molecule has 4 nitrogen and oxygen atoms in total. The van der Waals surface area contributed by atoms with Crippen LogP contribution in [0.5, 0.6) is 0 Å². The number of aromatic nitrogens is 3. The predicted molar refractivity (Wildman–Crippen MR) is 113 cm³/mol. The fraction of sp³-hybridized carbons (Fsp3) is 0.0952. The summed E-state index contributed by atoms with van der Waals surface area (Å²) < 4.78 is 0.935. The quantitative estimate of drug-likeness (QED) is 0.322. The summed E-state index contributed by atoms with van der Waals surface area (Å²) in [6.45, 7) is 1.92. The number of nitrogens with zero attached hydrogens (tertiary/aromatic N) is 2. The molecule has 0 saturated heterocycles. The first-order chi connectivity index (χ1) is 13.1. The molecule has 0 unspecified atom stereocenters. The van der Waals surface area contributed by atoms with Crippen LogP contribution in [-0.4, -0.2) is 26.5 Å². The van der Waals surface area contributed by atoms with Gasteiger partial charge in [-0.05, 0) is 40.0 Å². The van der Waals surface area contributed by atoms with Gasteiger partial charge in [0, 0.05) is 10.0 Å². The van der Waals surface area contributed by atoms with Gasteiger partial charge in [-0.1, -0.05) is 66.4 Å². The first-order valence-corrected chi connectivity index (χ1v) is 10.2. The van der Waals surface area contributed by atoms with E-state index in [-0.39, 0.29) is 5.78 Å². The third-order valence-electron chi connectivity index (χ3n) is 4.23. The lowest BCUT2D eigenvalue weighted by molar-refractivity contribution is 0.102. The molecule has 2 aromatic heterocycles. The molecule has 0 aliphatic carbocycles. The van der Waals surface area contributed by atoms with Crippen LogP contribution in [0.25, 0.3) is 22.3 Å². The summed E-state index contributed by atoms with van der Waals surface area (Å²) in [6, 6.07) is 19.8. The second-order valence-corrected chi connectivity index (χ2v) is 7.94. The molecule has 4 aromatic rings. The topological polar surface area (TPSA) is 58.6 Å². The van der Waals surface area contributed by atoms with E-state index in [9.17, 15) is 4.79 Å². The monoisotopic (exact) mass is 437 g/mol. The molecular formula is C21H16BrN3OS. The Balaban J connectivity index is 1.45.